The van der Waals surface area contributed by atoms with E-state index in [1.54, 1.807) is 6.07 Å². The molecular formula is C21H25ClN2O2. The zero-order chi connectivity index (χ0) is 18.4. The lowest BCUT2D eigenvalue weighted by Gasteiger charge is -2.28. The number of benzene rings is 2. The number of aryl methyl sites for hydroxylation is 1. The van der Waals surface area contributed by atoms with Crippen LogP contribution in [0.3, 0.4) is 0 Å². The third-order valence-corrected chi connectivity index (χ3v) is 5.06. The third-order valence-electron chi connectivity index (χ3n) is 4.65. The number of hydrogen-bond donors (Lipinski definition) is 1. The van der Waals surface area contributed by atoms with Crippen LogP contribution >= 0.6 is 11.6 Å². The molecule has 0 atom stereocenters. The van der Waals surface area contributed by atoms with Crippen molar-refractivity contribution in [2.75, 3.05) is 31.1 Å². The van der Waals surface area contributed by atoms with Crippen LogP contribution in [0.2, 0.25) is 5.02 Å². The minimum Gasteiger partial charge on any atom is -0.492 e. The second kappa shape index (κ2) is 8.95. The van der Waals surface area contributed by atoms with Crippen LogP contribution in [0.4, 0.5) is 5.69 Å². The maximum atomic E-state index is 12.2. The number of ether oxygens (including phenoxy) is 1. The fraction of sp³-hybridized carbons (Fsp3) is 0.381. The first-order valence-corrected chi connectivity index (χ1v) is 9.53. The normalized spacial score (nSPS) is 14.2. The Morgan fingerprint density at radius 1 is 1.12 bits per heavy atom. The number of carbonyl (C=O) groups is 1. The molecule has 1 aliphatic rings. The van der Waals surface area contributed by atoms with Gasteiger partial charge < -0.3 is 15.0 Å². The molecule has 1 N–H and O–H groups in total. The summed E-state index contributed by atoms with van der Waals surface area (Å²) in [4.78, 5) is 14.6. The number of anilines is 1. The molecule has 1 fully saturated rings. The Labute approximate surface area is 160 Å². The molecule has 1 aliphatic heterocycles. The number of nitrogens with zero attached hydrogens (tertiary/aromatic N) is 1. The number of amides is 1. The van der Waals surface area contributed by atoms with Crippen molar-refractivity contribution in [1.29, 1.82) is 0 Å². The second-order valence-electron chi connectivity index (χ2n) is 6.61. The van der Waals surface area contributed by atoms with Crippen LogP contribution in [0.5, 0.6) is 5.75 Å². The molecule has 1 amide bonds. The van der Waals surface area contributed by atoms with Gasteiger partial charge in [-0.15, -0.1) is 0 Å². The number of rotatable bonds is 6. The van der Waals surface area contributed by atoms with Gasteiger partial charge in [-0.25, -0.2) is 0 Å². The molecule has 0 bridgehead atoms. The highest BCUT2D eigenvalue weighted by Crippen LogP contribution is 2.22. The summed E-state index contributed by atoms with van der Waals surface area (Å²) < 4.78 is 5.62. The van der Waals surface area contributed by atoms with Crippen molar-refractivity contribution in [3.05, 3.63) is 58.6 Å². The first-order valence-electron chi connectivity index (χ1n) is 9.15. The second-order valence-corrected chi connectivity index (χ2v) is 7.02. The minimum atomic E-state index is -0.0827. The number of hydrogen-bond acceptors (Lipinski definition) is 3. The topological polar surface area (TPSA) is 41.6 Å². The summed E-state index contributed by atoms with van der Waals surface area (Å²) in [6, 6.07) is 13.4. The molecule has 0 aliphatic carbocycles. The quantitative estimate of drug-likeness (QED) is 0.762. The highest BCUT2D eigenvalue weighted by atomic mass is 35.5. The average molecular weight is 373 g/mol. The van der Waals surface area contributed by atoms with Crippen LogP contribution in [-0.4, -0.2) is 32.1 Å². The van der Waals surface area contributed by atoms with Crippen LogP contribution in [0, 0.1) is 6.92 Å². The van der Waals surface area contributed by atoms with E-state index < -0.39 is 0 Å². The van der Waals surface area contributed by atoms with Gasteiger partial charge in [0, 0.05) is 29.4 Å². The van der Waals surface area contributed by atoms with Gasteiger partial charge in [-0.1, -0.05) is 17.7 Å². The molecule has 4 nitrogen and oxygen atoms in total. The van der Waals surface area contributed by atoms with Crippen LogP contribution in [0.25, 0.3) is 0 Å². The summed E-state index contributed by atoms with van der Waals surface area (Å²) >= 11 is 6.07. The monoisotopic (exact) mass is 372 g/mol. The maximum absolute atomic E-state index is 12.2. The molecule has 5 heteroatoms. The van der Waals surface area contributed by atoms with Crippen molar-refractivity contribution in [3.63, 3.8) is 0 Å². The molecule has 3 rings (SSSR count). The molecule has 0 saturated carbocycles. The van der Waals surface area contributed by atoms with E-state index in [4.69, 9.17) is 16.3 Å². The zero-order valence-electron chi connectivity index (χ0n) is 15.1. The van der Waals surface area contributed by atoms with Crippen LogP contribution in [0.15, 0.2) is 42.5 Å². The highest BCUT2D eigenvalue weighted by molar-refractivity contribution is 6.31. The number of nitrogens with one attached hydrogen (secondary N) is 1. The van der Waals surface area contributed by atoms with Gasteiger partial charge in [-0.2, -0.15) is 0 Å². The summed E-state index contributed by atoms with van der Waals surface area (Å²) in [5.74, 6) is 0.626. The van der Waals surface area contributed by atoms with Crippen LogP contribution in [-0.2, 0) is 0 Å². The Morgan fingerprint density at radius 2 is 1.85 bits per heavy atom. The van der Waals surface area contributed by atoms with E-state index in [9.17, 15) is 4.79 Å². The predicted molar refractivity (Wildman–Crippen MR) is 107 cm³/mol. The summed E-state index contributed by atoms with van der Waals surface area (Å²) in [6.45, 7) is 5.00. The van der Waals surface area contributed by atoms with E-state index in [0.29, 0.717) is 29.5 Å². The number of carbonyl (C=O) groups excluding carboxylic acids is 1. The first kappa shape index (κ1) is 18.6. The van der Waals surface area contributed by atoms with Gasteiger partial charge in [0.05, 0.1) is 6.54 Å². The van der Waals surface area contributed by atoms with E-state index in [0.717, 1.165) is 18.7 Å². The largest absolute Gasteiger partial charge is 0.492 e. The van der Waals surface area contributed by atoms with E-state index in [1.807, 2.05) is 43.3 Å². The standard InChI is InChI=1S/C21H25ClN2O2/c1-16-5-10-19(15-20(16)22)26-14-11-23-21(25)17-6-8-18(9-7-17)24-12-3-2-4-13-24/h5-10,15H,2-4,11-14H2,1H3,(H,23,25). The van der Waals surface area contributed by atoms with Gasteiger partial charge in [-0.3, -0.25) is 4.79 Å². The fourth-order valence-corrected chi connectivity index (χ4v) is 3.25. The molecule has 2 aromatic rings. The lowest BCUT2D eigenvalue weighted by Crippen LogP contribution is -2.30. The van der Waals surface area contributed by atoms with Crippen molar-refractivity contribution in [1.82, 2.24) is 5.32 Å². The molecule has 1 saturated heterocycles. The smallest absolute Gasteiger partial charge is 0.251 e. The summed E-state index contributed by atoms with van der Waals surface area (Å²) in [5.41, 5.74) is 2.88. The Hall–Kier alpha value is -2.20. The van der Waals surface area contributed by atoms with Crippen molar-refractivity contribution in [2.24, 2.45) is 0 Å². The van der Waals surface area contributed by atoms with Crippen molar-refractivity contribution < 1.29 is 9.53 Å². The molecule has 0 aromatic heterocycles. The van der Waals surface area contributed by atoms with Crippen molar-refractivity contribution >= 4 is 23.2 Å². The van der Waals surface area contributed by atoms with E-state index in [2.05, 4.69) is 10.2 Å². The van der Waals surface area contributed by atoms with Gasteiger partial charge in [0.25, 0.3) is 5.91 Å². The van der Waals surface area contributed by atoms with Gasteiger partial charge >= 0.3 is 0 Å². The van der Waals surface area contributed by atoms with E-state index in [-0.39, 0.29) is 5.91 Å². The molecule has 138 valence electrons. The number of halogens is 1. The zero-order valence-corrected chi connectivity index (χ0v) is 15.9. The number of piperidine rings is 1. The summed E-state index contributed by atoms with van der Waals surface area (Å²) in [6.07, 6.45) is 3.80. The highest BCUT2D eigenvalue weighted by Gasteiger charge is 2.12. The maximum Gasteiger partial charge on any atom is 0.251 e. The fourth-order valence-electron chi connectivity index (χ4n) is 3.07. The molecule has 0 unspecified atom stereocenters. The van der Waals surface area contributed by atoms with Gasteiger partial charge in [-0.05, 0) is 68.1 Å². The SMILES string of the molecule is Cc1ccc(OCCNC(=O)c2ccc(N3CCCCC3)cc2)cc1Cl. The molecular weight excluding hydrogens is 348 g/mol. The Kier molecular flexibility index (Phi) is 6.40. The lowest BCUT2D eigenvalue weighted by atomic mass is 10.1. The molecule has 0 spiro atoms. The third kappa shape index (κ3) is 4.92. The van der Waals surface area contributed by atoms with Crippen molar-refractivity contribution in [3.8, 4) is 5.75 Å². The molecule has 2 aromatic carbocycles. The van der Waals surface area contributed by atoms with Crippen molar-refractivity contribution in [2.45, 2.75) is 26.2 Å². The summed E-state index contributed by atoms with van der Waals surface area (Å²) in [5, 5.41) is 3.56. The van der Waals surface area contributed by atoms with Gasteiger partial charge in [0.15, 0.2) is 0 Å². The van der Waals surface area contributed by atoms with Crippen LogP contribution in [0.1, 0.15) is 35.2 Å². The van der Waals surface area contributed by atoms with Gasteiger partial charge in [0.1, 0.15) is 12.4 Å². The average Bonchev–Trinajstić information content (AvgIpc) is 2.68. The Bertz CT molecular complexity index is 740. The Balaban J connectivity index is 1.45. The molecule has 1 heterocycles. The summed E-state index contributed by atoms with van der Waals surface area (Å²) in [7, 11) is 0. The molecule has 26 heavy (non-hydrogen) atoms. The van der Waals surface area contributed by atoms with Gasteiger partial charge in [0.2, 0.25) is 0 Å². The predicted octanol–water partition coefficient (Wildman–Crippen LogP) is 4.45. The van der Waals surface area contributed by atoms with E-state index >= 15 is 0 Å². The van der Waals surface area contributed by atoms with E-state index in [1.165, 1.54) is 24.9 Å². The Morgan fingerprint density at radius 3 is 2.54 bits per heavy atom. The lowest BCUT2D eigenvalue weighted by molar-refractivity contribution is 0.0947. The minimum absolute atomic E-state index is 0.0827. The first-order chi connectivity index (χ1) is 12.6. The molecule has 0 radical (unpaired) electrons. The van der Waals surface area contributed by atoms with Crippen LogP contribution < -0.4 is 15.0 Å².